The molecule has 1 atom stereocenters. The molecule has 0 radical (unpaired) electrons. The number of amides is 1. The predicted octanol–water partition coefficient (Wildman–Crippen LogP) is 1.96. The molecule has 2 rings (SSSR count). The maximum Gasteiger partial charge on any atom is 0.254 e. The normalized spacial score (nSPS) is 18.9. The Hall–Kier alpha value is -1.42. The number of nitrogens with one attached hydrogen (secondary N) is 1. The highest BCUT2D eigenvalue weighted by Crippen LogP contribution is 2.15. The molecular weight excluding hydrogens is 231 g/mol. The van der Waals surface area contributed by atoms with Gasteiger partial charge in [0.1, 0.15) is 5.82 Å². The summed E-state index contributed by atoms with van der Waals surface area (Å²) in [6.07, 6.45) is 0.966. The van der Waals surface area contributed by atoms with Crippen LogP contribution in [0.3, 0.4) is 0 Å². The van der Waals surface area contributed by atoms with E-state index in [9.17, 15) is 9.18 Å². The zero-order chi connectivity index (χ0) is 13.1. The smallest absolute Gasteiger partial charge is 0.254 e. The average molecular weight is 250 g/mol. The van der Waals surface area contributed by atoms with Crippen molar-refractivity contribution < 1.29 is 9.18 Å². The van der Waals surface area contributed by atoms with Crippen LogP contribution >= 0.6 is 0 Å². The Morgan fingerprint density at radius 3 is 2.89 bits per heavy atom. The summed E-state index contributed by atoms with van der Waals surface area (Å²) in [5.41, 5.74) is 1.00. The van der Waals surface area contributed by atoms with Crippen LogP contribution in [0.5, 0.6) is 0 Å². The number of carbonyl (C=O) groups excluding carboxylic acids is 1. The van der Waals surface area contributed by atoms with Gasteiger partial charge in [-0.2, -0.15) is 0 Å². The fraction of sp³-hybridized carbons (Fsp3) is 0.500. The van der Waals surface area contributed by atoms with Gasteiger partial charge in [0.05, 0.1) is 0 Å². The third kappa shape index (κ3) is 2.53. The van der Waals surface area contributed by atoms with E-state index in [1.807, 2.05) is 11.8 Å². The van der Waals surface area contributed by atoms with Gasteiger partial charge in [-0.25, -0.2) is 4.39 Å². The van der Waals surface area contributed by atoms with Gasteiger partial charge in [0, 0.05) is 24.7 Å². The van der Waals surface area contributed by atoms with E-state index < -0.39 is 0 Å². The lowest BCUT2D eigenvalue weighted by molar-refractivity contribution is 0.0703. The number of carbonyl (C=O) groups is 1. The van der Waals surface area contributed by atoms with Gasteiger partial charge in [-0.1, -0.05) is 6.07 Å². The van der Waals surface area contributed by atoms with E-state index in [1.54, 1.807) is 19.1 Å². The molecule has 18 heavy (non-hydrogen) atoms. The fourth-order valence-electron chi connectivity index (χ4n) is 2.36. The third-order valence-electron chi connectivity index (χ3n) is 3.50. The number of hydrogen-bond acceptors (Lipinski definition) is 2. The minimum atomic E-state index is -0.318. The molecule has 3 nitrogen and oxygen atoms in total. The Morgan fingerprint density at radius 2 is 2.33 bits per heavy atom. The zero-order valence-electron chi connectivity index (χ0n) is 10.9. The van der Waals surface area contributed by atoms with Gasteiger partial charge in [-0.3, -0.25) is 4.79 Å². The van der Waals surface area contributed by atoms with E-state index in [4.69, 9.17) is 0 Å². The van der Waals surface area contributed by atoms with Crippen LogP contribution in [0.15, 0.2) is 18.2 Å². The van der Waals surface area contributed by atoms with E-state index in [2.05, 4.69) is 5.32 Å². The molecule has 1 N–H and O–H groups in total. The van der Waals surface area contributed by atoms with Crippen molar-refractivity contribution in [2.24, 2.45) is 0 Å². The lowest BCUT2D eigenvalue weighted by atomic mass is 10.1. The molecule has 1 aliphatic heterocycles. The monoisotopic (exact) mass is 250 g/mol. The molecule has 4 heteroatoms. The van der Waals surface area contributed by atoms with Crippen molar-refractivity contribution in [3.8, 4) is 0 Å². The quantitative estimate of drug-likeness (QED) is 0.889. The van der Waals surface area contributed by atoms with E-state index in [0.717, 1.165) is 19.5 Å². The minimum Gasteiger partial charge on any atom is -0.335 e. The zero-order valence-corrected chi connectivity index (χ0v) is 10.9. The molecule has 0 bridgehead atoms. The number of nitrogens with zero attached hydrogens (tertiary/aromatic N) is 1. The molecule has 0 saturated carbocycles. The summed E-state index contributed by atoms with van der Waals surface area (Å²) >= 11 is 0. The van der Waals surface area contributed by atoms with Gasteiger partial charge in [0.15, 0.2) is 0 Å². The van der Waals surface area contributed by atoms with Crippen LogP contribution in [0.2, 0.25) is 0 Å². The number of likely N-dealkylation sites (N-methyl/N-ethyl adjacent to an activating group) is 1. The summed E-state index contributed by atoms with van der Waals surface area (Å²) in [5, 5.41) is 3.25. The molecule has 1 aliphatic rings. The molecule has 0 aliphatic carbocycles. The van der Waals surface area contributed by atoms with Crippen molar-refractivity contribution in [2.75, 3.05) is 19.6 Å². The Kier molecular flexibility index (Phi) is 3.97. The lowest BCUT2D eigenvalue weighted by Gasteiger charge is -2.27. The van der Waals surface area contributed by atoms with Crippen LogP contribution in [0, 0.1) is 12.7 Å². The summed E-state index contributed by atoms with van der Waals surface area (Å²) in [7, 11) is 0. The molecule has 1 saturated heterocycles. The molecule has 1 amide bonds. The molecule has 0 spiro atoms. The lowest BCUT2D eigenvalue weighted by Crippen LogP contribution is -2.41. The highest BCUT2D eigenvalue weighted by atomic mass is 19.1. The second-order valence-electron chi connectivity index (χ2n) is 4.70. The largest absolute Gasteiger partial charge is 0.335 e. The number of halogens is 1. The molecule has 1 aromatic carbocycles. The van der Waals surface area contributed by atoms with Crippen LogP contribution in [-0.4, -0.2) is 36.5 Å². The first-order valence-electron chi connectivity index (χ1n) is 6.41. The summed E-state index contributed by atoms with van der Waals surface area (Å²) in [4.78, 5) is 14.2. The standard InChI is InChI=1S/C14H19FN2O/c1-3-17(12-6-7-16-9-12)14(18)11-5-4-10(2)13(15)8-11/h4-5,8,12,16H,3,6-7,9H2,1-2H3. The number of aryl methyl sites for hydroxylation is 1. The number of rotatable bonds is 3. The van der Waals surface area contributed by atoms with Crippen LogP contribution in [-0.2, 0) is 0 Å². The highest BCUT2D eigenvalue weighted by molar-refractivity contribution is 5.94. The van der Waals surface area contributed by atoms with Crippen molar-refractivity contribution >= 4 is 5.91 Å². The van der Waals surface area contributed by atoms with Crippen molar-refractivity contribution in [3.63, 3.8) is 0 Å². The first-order valence-corrected chi connectivity index (χ1v) is 6.41. The second kappa shape index (κ2) is 5.48. The Bertz CT molecular complexity index is 441. The predicted molar refractivity (Wildman–Crippen MR) is 69.1 cm³/mol. The van der Waals surface area contributed by atoms with Gasteiger partial charge in [-0.05, 0) is 44.5 Å². The van der Waals surface area contributed by atoms with E-state index in [1.165, 1.54) is 6.07 Å². The topological polar surface area (TPSA) is 32.3 Å². The van der Waals surface area contributed by atoms with Crippen molar-refractivity contribution in [1.29, 1.82) is 0 Å². The molecule has 98 valence electrons. The maximum absolute atomic E-state index is 13.5. The number of benzene rings is 1. The Labute approximate surface area is 107 Å². The van der Waals surface area contributed by atoms with Crippen molar-refractivity contribution in [3.05, 3.63) is 35.1 Å². The molecule has 1 heterocycles. The second-order valence-corrected chi connectivity index (χ2v) is 4.70. The summed E-state index contributed by atoms with van der Waals surface area (Å²) < 4.78 is 13.5. The SMILES string of the molecule is CCN(C(=O)c1ccc(C)c(F)c1)C1CCNC1. The average Bonchev–Trinajstić information content (AvgIpc) is 2.87. The van der Waals surface area contributed by atoms with Gasteiger partial charge in [0.2, 0.25) is 0 Å². The van der Waals surface area contributed by atoms with Gasteiger partial charge >= 0.3 is 0 Å². The minimum absolute atomic E-state index is 0.0786. The first kappa shape index (κ1) is 13.0. The van der Waals surface area contributed by atoms with E-state index >= 15 is 0 Å². The van der Waals surface area contributed by atoms with Crippen molar-refractivity contribution in [2.45, 2.75) is 26.3 Å². The summed E-state index contributed by atoms with van der Waals surface area (Å²) in [6, 6.07) is 4.92. The van der Waals surface area contributed by atoms with Crippen molar-refractivity contribution in [1.82, 2.24) is 10.2 Å². The Balaban J connectivity index is 2.19. The fourth-order valence-corrected chi connectivity index (χ4v) is 2.36. The highest BCUT2D eigenvalue weighted by Gasteiger charge is 2.26. The molecule has 1 fully saturated rings. The first-order chi connectivity index (χ1) is 8.63. The molecule has 0 aromatic heterocycles. The van der Waals surface area contributed by atoms with Crippen LogP contribution in [0.1, 0.15) is 29.3 Å². The van der Waals surface area contributed by atoms with Crippen LogP contribution in [0.25, 0.3) is 0 Å². The van der Waals surface area contributed by atoms with Gasteiger partial charge in [0.25, 0.3) is 5.91 Å². The Morgan fingerprint density at radius 1 is 1.56 bits per heavy atom. The molecular formula is C14H19FN2O. The summed E-state index contributed by atoms with van der Waals surface area (Å²) in [6.45, 7) is 6.08. The van der Waals surface area contributed by atoms with E-state index in [0.29, 0.717) is 17.7 Å². The van der Waals surface area contributed by atoms with Gasteiger partial charge in [-0.15, -0.1) is 0 Å². The maximum atomic E-state index is 13.5. The summed E-state index contributed by atoms with van der Waals surface area (Å²) in [5.74, 6) is -0.397. The van der Waals surface area contributed by atoms with Crippen LogP contribution in [0.4, 0.5) is 4.39 Å². The molecule has 1 aromatic rings. The van der Waals surface area contributed by atoms with E-state index in [-0.39, 0.29) is 17.8 Å². The third-order valence-corrected chi connectivity index (χ3v) is 3.50. The number of hydrogen-bond donors (Lipinski definition) is 1. The van der Waals surface area contributed by atoms with Gasteiger partial charge < -0.3 is 10.2 Å². The van der Waals surface area contributed by atoms with Crippen LogP contribution < -0.4 is 5.32 Å². The molecule has 1 unspecified atom stereocenters.